The number of urea groups is 1. The van der Waals surface area contributed by atoms with Gasteiger partial charge in [0.05, 0.1) is 0 Å². The van der Waals surface area contributed by atoms with Gasteiger partial charge in [-0.3, -0.25) is 0 Å². The normalized spacial score (nSPS) is 18.1. The third-order valence-corrected chi connectivity index (χ3v) is 2.78. The Morgan fingerprint density at radius 1 is 1.50 bits per heavy atom. The first kappa shape index (κ1) is 10.8. The summed E-state index contributed by atoms with van der Waals surface area (Å²) in [7, 11) is 1.64. The molecule has 5 heteroatoms. The minimum absolute atomic E-state index is 0.311. The predicted octanol–water partition coefficient (Wildman–Crippen LogP) is 0.655. The molecule has 5 nitrogen and oxygen atoms in total. The minimum Gasteiger partial charge on any atom is -0.480 e. The number of aliphatic carboxylic acids is 1. The van der Waals surface area contributed by atoms with Gasteiger partial charge in [0.15, 0.2) is 0 Å². The molecule has 1 aliphatic carbocycles. The highest BCUT2D eigenvalue weighted by Gasteiger charge is 2.46. The van der Waals surface area contributed by atoms with E-state index in [4.69, 9.17) is 5.11 Å². The van der Waals surface area contributed by atoms with Crippen molar-refractivity contribution in [2.24, 2.45) is 0 Å². The number of amides is 2. The number of carboxylic acid groups (broad SMARTS) is 1. The van der Waals surface area contributed by atoms with Crippen molar-refractivity contribution < 1.29 is 14.7 Å². The van der Waals surface area contributed by atoms with Crippen LogP contribution in [0.1, 0.15) is 26.2 Å². The Labute approximate surface area is 83.1 Å². The summed E-state index contributed by atoms with van der Waals surface area (Å²) < 4.78 is 0. The molecule has 0 aromatic carbocycles. The van der Waals surface area contributed by atoms with Crippen molar-refractivity contribution in [3.05, 3.63) is 0 Å². The number of hydrogen-bond donors (Lipinski definition) is 2. The summed E-state index contributed by atoms with van der Waals surface area (Å²) in [6.07, 6.45) is 1.93. The van der Waals surface area contributed by atoms with Crippen LogP contribution in [-0.4, -0.2) is 41.1 Å². The zero-order valence-corrected chi connectivity index (χ0v) is 8.54. The first-order valence-electron chi connectivity index (χ1n) is 4.78. The molecule has 0 saturated heterocycles. The molecule has 0 aliphatic heterocycles. The highest BCUT2D eigenvalue weighted by Crippen LogP contribution is 2.32. The first-order valence-corrected chi connectivity index (χ1v) is 4.78. The average molecular weight is 200 g/mol. The van der Waals surface area contributed by atoms with Crippen LogP contribution >= 0.6 is 0 Å². The summed E-state index contributed by atoms with van der Waals surface area (Å²) in [6, 6.07) is -0.311. The Bertz CT molecular complexity index is 248. The lowest BCUT2D eigenvalue weighted by atomic mass is 9.77. The highest BCUT2D eigenvalue weighted by molar-refractivity contribution is 5.87. The van der Waals surface area contributed by atoms with Gasteiger partial charge < -0.3 is 15.3 Å². The first-order chi connectivity index (χ1) is 6.52. The molecule has 2 amide bonds. The molecule has 2 N–H and O–H groups in total. The Hall–Kier alpha value is -1.26. The molecule has 80 valence electrons. The van der Waals surface area contributed by atoms with Gasteiger partial charge in [0.2, 0.25) is 0 Å². The van der Waals surface area contributed by atoms with Crippen molar-refractivity contribution in [1.82, 2.24) is 10.2 Å². The fraction of sp³-hybridized carbons (Fsp3) is 0.778. The lowest BCUT2D eigenvalue weighted by Gasteiger charge is -2.39. The van der Waals surface area contributed by atoms with Gasteiger partial charge in [0.25, 0.3) is 0 Å². The molecule has 0 aromatic heterocycles. The Morgan fingerprint density at radius 2 is 2.07 bits per heavy atom. The maximum atomic E-state index is 11.4. The average Bonchev–Trinajstić information content (AvgIpc) is 2.08. The molecular formula is C9H16N2O3. The molecule has 14 heavy (non-hydrogen) atoms. The third-order valence-electron chi connectivity index (χ3n) is 2.78. The standard InChI is InChI=1S/C9H16N2O3/c1-3-11(2)8(14)10-9(7(12)13)5-4-6-9/h3-6H2,1-2H3,(H,10,14)(H,12,13). The number of hydrogen-bond acceptors (Lipinski definition) is 2. The van der Waals surface area contributed by atoms with E-state index >= 15 is 0 Å². The van der Waals surface area contributed by atoms with Crippen LogP contribution in [0.4, 0.5) is 4.79 Å². The molecule has 0 unspecified atom stereocenters. The Morgan fingerprint density at radius 3 is 2.36 bits per heavy atom. The molecule has 0 heterocycles. The molecule has 0 aromatic rings. The van der Waals surface area contributed by atoms with Crippen LogP contribution in [0.25, 0.3) is 0 Å². The predicted molar refractivity (Wildman–Crippen MR) is 51.1 cm³/mol. The summed E-state index contributed by atoms with van der Waals surface area (Å²) in [5.74, 6) is -0.929. The smallest absolute Gasteiger partial charge is 0.329 e. The summed E-state index contributed by atoms with van der Waals surface area (Å²) in [6.45, 7) is 2.41. The van der Waals surface area contributed by atoms with Gasteiger partial charge in [-0.1, -0.05) is 0 Å². The van der Waals surface area contributed by atoms with Gasteiger partial charge >= 0.3 is 12.0 Å². The number of nitrogens with zero attached hydrogens (tertiary/aromatic N) is 1. The SMILES string of the molecule is CCN(C)C(=O)NC1(C(=O)O)CCC1. The zero-order valence-electron chi connectivity index (χ0n) is 8.54. The molecule has 0 bridgehead atoms. The summed E-state index contributed by atoms with van der Waals surface area (Å²) >= 11 is 0. The van der Waals surface area contributed by atoms with Gasteiger partial charge in [0, 0.05) is 13.6 Å². The van der Waals surface area contributed by atoms with Crippen molar-refractivity contribution in [1.29, 1.82) is 0 Å². The quantitative estimate of drug-likeness (QED) is 0.703. The van der Waals surface area contributed by atoms with E-state index in [2.05, 4.69) is 5.32 Å². The van der Waals surface area contributed by atoms with E-state index in [-0.39, 0.29) is 6.03 Å². The van der Waals surface area contributed by atoms with Gasteiger partial charge in [-0.25, -0.2) is 9.59 Å². The Kier molecular flexibility index (Phi) is 2.98. The topological polar surface area (TPSA) is 69.6 Å². The van der Waals surface area contributed by atoms with Crippen LogP contribution in [0.5, 0.6) is 0 Å². The van der Waals surface area contributed by atoms with Gasteiger partial charge in [0.1, 0.15) is 5.54 Å². The van der Waals surface area contributed by atoms with Crippen LogP contribution in [0.15, 0.2) is 0 Å². The largest absolute Gasteiger partial charge is 0.480 e. The fourth-order valence-corrected chi connectivity index (χ4v) is 1.37. The van der Waals surface area contributed by atoms with Crippen LogP contribution in [0.3, 0.4) is 0 Å². The number of rotatable bonds is 3. The fourth-order valence-electron chi connectivity index (χ4n) is 1.37. The Balaban J connectivity index is 2.57. The molecule has 1 saturated carbocycles. The van der Waals surface area contributed by atoms with Crippen LogP contribution < -0.4 is 5.32 Å². The second-order valence-electron chi connectivity index (χ2n) is 3.69. The van der Waals surface area contributed by atoms with Gasteiger partial charge in [-0.15, -0.1) is 0 Å². The molecule has 1 fully saturated rings. The molecule has 1 aliphatic rings. The van der Waals surface area contributed by atoms with Crippen molar-refractivity contribution in [2.75, 3.05) is 13.6 Å². The third kappa shape index (κ3) is 1.81. The summed E-state index contributed by atoms with van der Waals surface area (Å²) in [5, 5.41) is 11.5. The van der Waals surface area contributed by atoms with E-state index in [9.17, 15) is 9.59 Å². The maximum Gasteiger partial charge on any atom is 0.329 e. The van der Waals surface area contributed by atoms with Crippen molar-refractivity contribution in [3.63, 3.8) is 0 Å². The maximum absolute atomic E-state index is 11.4. The monoisotopic (exact) mass is 200 g/mol. The lowest BCUT2D eigenvalue weighted by Crippen LogP contribution is -2.61. The van der Waals surface area contributed by atoms with E-state index in [1.54, 1.807) is 7.05 Å². The highest BCUT2D eigenvalue weighted by atomic mass is 16.4. The molecular weight excluding hydrogens is 184 g/mol. The van der Waals surface area contributed by atoms with E-state index in [0.717, 1.165) is 6.42 Å². The molecule has 1 rings (SSSR count). The van der Waals surface area contributed by atoms with Gasteiger partial charge in [-0.2, -0.15) is 0 Å². The molecule has 0 spiro atoms. The van der Waals surface area contributed by atoms with Crippen LogP contribution in [-0.2, 0) is 4.79 Å². The minimum atomic E-state index is -0.999. The number of nitrogens with one attached hydrogen (secondary N) is 1. The van der Waals surface area contributed by atoms with Crippen LogP contribution in [0.2, 0.25) is 0 Å². The number of carbonyl (C=O) groups is 2. The van der Waals surface area contributed by atoms with E-state index < -0.39 is 11.5 Å². The summed E-state index contributed by atoms with van der Waals surface area (Å²) in [4.78, 5) is 23.8. The number of carboxylic acids is 1. The second kappa shape index (κ2) is 3.86. The molecule has 0 radical (unpaired) electrons. The van der Waals surface area contributed by atoms with E-state index in [1.165, 1.54) is 4.90 Å². The summed E-state index contributed by atoms with van der Waals surface area (Å²) in [5.41, 5.74) is -0.999. The van der Waals surface area contributed by atoms with E-state index in [1.807, 2.05) is 6.92 Å². The van der Waals surface area contributed by atoms with Crippen molar-refractivity contribution in [2.45, 2.75) is 31.7 Å². The van der Waals surface area contributed by atoms with Crippen LogP contribution in [0, 0.1) is 0 Å². The van der Waals surface area contributed by atoms with Gasteiger partial charge in [-0.05, 0) is 26.2 Å². The van der Waals surface area contributed by atoms with Crippen molar-refractivity contribution >= 4 is 12.0 Å². The number of carbonyl (C=O) groups excluding carboxylic acids is 1. The lowest BCUT2D eigenvalue weighted by molar-refractivity contribution is -0.148. The van der Waals surface area contributed by atoms with E-state index in [0.29, 0.717) is 19.4 Å². The second-order valence-corrected chi connectivity index (χ2v) is 3.69. The molecule has 0 atom stereocenters. The van der Waals surface area contributed by atoms with Crippen molar-refractivity contribution in [3.8, 4) is 0 Å². The zero-order chi connectivity index (χ0) is 10.8.